The molecule has 1 fully saturated rings. The number of carbonyl (C=O) groups excluding carboxylic acids is 3. The largest absolute Gasteiger partial charge is 0.483 e. The van der Waals surface area contributed by atoms with Gasteiger partial charge in [-0.3, -0.25) is 19.2 Å². The van der Waals surface area contributed by atoms with Crippen LogP contribution in [-0.4, -0.2) is 34.6 Å². The zero-order valence-electron chi connectivity index (χ0n) is 22.0. The second kappa shape index (κ2) is 11.4. The molecule has 4 aromatic rings. The third-order valence-electron chi connectivity index (χ3n) is 7.07. The van der Waals surface area contributed by atoms with Crippen LogP contribution in [0.3, 0.4) is 0 Å². The number of alkyl halides is 3. The third-order valence-corrected chi connectivity index (χ3v) is 9.70. The number of ether oxygens (including phenoxy) is 1. The number of nitrogens with one attached hydrogen (secondary N) is 2. The van der Waals surface area contributed by atoms with Crippen LogP contribution in [0.4, 0.5) is 28.9 Å². The van der Waals surface area contributed by atoms with Crippen molar-refractivity contribution in [2.24, 2.45) is 5.92 Å². The topological polar surface area (TPSA) is 109 Å². The number of anilines is 2. The molecule has 2 aliphatic rings. The summed E-state index contributed by atoms with van der Waals surface area (Å²) < 4.78 is 60.8. The van der Waals surface area contributed by atoms with Crippen molar-refractivity contribution in [2.45, 2.75) is 22.4 Å². The third kappa shape index (κ3) is 5.48. The SMILES string of the molecule is O=C(COc1ccc(Cl)cc1[C@@H]1c2sc(=O)[nH]c2S[C@H]2C(=O)N(c3ccccc3C(F)(F)F)C(=O)[C@@H]12)Nc1ccc(F)cc1. The molecule has 44 heavy (non-hydrogen) atoms. The molecule has 15 heteroatoms. The highest BCUT2D eigenvalue weighted by Gasteiger charge is 2.57. The summed E-state index contributed by atoms with van der Waals surface area (Å²) in [6.07, 6.45) is -4.84. The van der Waals surface area contributed by atoms with E-state index in [1.54, 1.807) is 0 Å². The molecule has 3 aromatic carbocycles. The molecule has 0 radical (unpaired) electrons. The van der Waals surface area contributed by atoms with Crippen LogP contribution in [0.5, 0.6) is 5.75 Å². The van der Waals surface area contributed by atoms with Gasteiger partial charge in [0.05, 0.1) is 22.2 Å². The normalized spacial score (nSPS) is 19.5. The first-order valence-electron chi connectivity index (χ1n) is 12.8. The van der Waals surface area contributed by atoms with E-state index in [1.165, 1.54) is 48.5 Å². The van der Waals surface area contributed by atoms with E-state index in [0.29, 0.717) is 20.5 Å². The molecule has 226 valence electrons. The molecule has 2 aliphatic heterocycles. The number of fused-ring (bicyclic) bond motifs is 2. The lowest BCUT2D eigenvalue weighted by molar-refractivity contribution is -0.137. The van der Waals surface area contributed by atoms with E-state index in [-0.39, 0.29) is 16.3 Å². The Morgan fingerprint density at radius 3 is 2.48 bits per heavy atom. The molecule has 2 N–H and O–H groups in total. The van der Waals surface area contributed by atoms with Gasteiger partial charge in [-0.1, -0.05) is 46.8 Å². The average Bonchev–Trinajstić information content (AvgIpc) is 3.47. The summed E-state index contributed by atoms with van der Waals surface area (Å²) in [5.41, 5.74) is -1.17. The summed E-state index contributed by atoms with van der Waals surface area (Å²) in [5, 5.41) is 1.87. The summed E-state index contributed by atoms with van der Waals surface area (Å²) in [4.78, 5) is 55.8. The fraction of sp³-hybridized carbons (Fsp3) is 0.172. The van der Waals surface area contributed by atoms with Crippen LogP contribution in [0.1, 0.15) is 21.9 Å². The van der Waals surface area contributed by atoms with Gasteiger partial charge in [0.15, 0.2) is 6.61 Å². The molecule has 1 aromatic heterocycles. The molecule has 0 spiro atoms. The molecule has 3 heterocycles. The quantitative estimate of drug-likeness (QED) is 0.192. The fourth-order valence-electron chi connectivity index (χ4n) is 5.27. The van der Waals surface area contributed by atoms with Crippen molar-refractivity contribution < 1.29 is 36.7 Å². The molecule has 3 atom stereocenters. The van der Waals surface area contributed by atoms with Crippen LogP contribution in [0.25, 0.3) is 0 Å². The molecule has 0 unspecified atom stereocenters. The minimum Gasteiger partial charge on any atom is -0.483 e. The maximum absolute atomic E-state index is 14.0. The molecule has 0 aliphatic carbocycles. The molecule has 8 nitrogen and oxygen atoms in total. The predicted octanol–water partition coefficient (Wildman–Crippen LogP) is 6.06. The van der Waals surface area contributed by atoms with Gasteiger partial charge in [0.1, 0.15) is 16.8 Å². The summed E-state index contributed by atoms with van der Waals surface area (Å²) in [7, 11) is 0. The smallest absolute Gasteiger partial charge is 0.418 e. The first-order valence-corrected chi connectivity index (χ1v) is 14.9. The lowest BCUT2D eigenvalue weighted by Crippen LogP contribution is -2.33. The molecular weight excluding hydrogens is 646 g/mol. The van der Waals surface area contributed by atoms with Crippen LogP contribution >= 0.6 is 34.7 Å². The first-order chi connectivity index (χ1) is 20.9. The van der Waals surface area contributed by atoms with Crippen molar-refractivity contribution in [3.63, 3.8) is 0 Å². The lowest BCUT2D eigenvalue weighted by atomic mass is 9.82. The molecule has 6 rings (SSSR count). The minimum absolute atomic E-state index is 0.0977. The molecule has 1 saturated heterocycles. The van der Waals surface area contributed by atoms with Crippen molar-refractivity contribution in [1.29, 1.82) is 0 Å². The van der Waals surface area contributed by atoms with Gasteiger partial charge >= 0.3 is 11.0 Å². The second-order valence-corrected chi connectivity index (χ2v) is 12.4. The van der Waals surface area contributed by atoms with Crippen LogP contribution in [0, 0.1) is 11.7 Å². The number of amides is 3. The number of thiazole rings is 1. The summed E-state index contributed by atoms with van der Waals surface area (Å²) in [5.74, 6) is -5.01. The summed E-state index contributed by atoms with van der Waals surface area (Å²) in [6.45, 7) is -0.518. The van der Waals surface area contributed by atoms with Crippen LogP contribution in [0.2, 0.25) is 5.02 Å². The van der Waals surface area contributed by atoms with Gasteiger partial charge in [-0.05, 0) is 54.6 Å². The number of carbonyl (C=O) groups is 3. The number of hydrogen-bond donors (Lipinski definition) is 2. The number of imide groups is 1. The number of aromatic amines is 1. The zero-order valence-corrected chi connectivity index (χ0v) is 24.4. The Kier molecular flexibility index (Phi) is 7.76. The Labute approximate surface area is 259 Å². The van der Waals surface area contributed by atoms with Crippen molar-refractivity contribution in [2.75, 3.05) is 16.8 Å². The number of halogens is 5. The van der Waals surface area contributed by atoms with Gasteiger partial charge in [-0.15, -0.1) is 0 Å². The van der Waals surface area contributed by atoms with Gasteiger partial charge in [-0.2, -0.15) is 13.2 Å². The standard InChI is InChI=1S/C29H18ClF4N3O5S2/c30-13-5-10-19(42-12-20(38)35-15-8-6-14(31)7-9-15)16(11-13)21-22-24(43-25-23(21)44-28(41)36-25)27(40)37(26(22)39)18-4-2-1-3-17(18)29(32,33)34/h1-11,21-22,24H,12H2,(H,35,38)(H,36,41)/t21-,22-,24+/m0/s1. The van der Waals surface area contributed by atoms with Gasteiger partial charge in [0, 0.05) is 27.1 Å². The number of nitrogens with zero attached hydrogens (tertiary/aromatic N) is 1. The number of benzene rings is 3. The zero-order chi connectivity index (χ0) is 31.3. The molecule has 0 saturated carbocycles. The Balaban J connectivity index is 1.38. The van der Waals surface area contributed by atoms with Crippen LogP contribution in [-0.2, 0) is 20.6 Å². The van der Waals surface area contributed by atoms with Gasteiger partial charge in [0.2, 0.25) is 11.8 Å². The van der Waals surface area contributed by atoms with E-state index in [9.17, 15) is 36.7 Å². The van der Waals surface area contributed by atoms with Gasteiger partial charge in [0.25, 0.3) is 5.91 Å². The lowest BCUT2D eigenvalue weighted by Gasteiger charge is -2.31. The van der Waals surface area contributed by atoms with E-state index >= 15 is 0 Å². The van der Waals surface area contributed by atoms with E-state index in [2.05, 4.69) is 10.3 Å². The van der Waals surface area contributed by atoms with Crippen molar-refractivity contribution in [3.8, 4) is 5.75 Å². The minimum atomic E-state index is -4.84. The summed E-state index contributed by atoms with van der Waals surface area (Å²) >= 11 is 8.02. The van der Waals surface area contributed by atoms with E-state index in [4.69, 9.17) is 16.3 Å². The molecular formula is C29H18ClF4N3O5S2. The average molecular weight is 664 g/mol. The Hall–Kier alpha value is -4.14. The number of para-hydroxylation sites is 1. The summed E-state index contributed by atoms with van der Waals surface area (Å²) in [6, 6.07) is 13.8. The Bertz CT molecular complexity index is 1860. The van der Waals surface area contributed by atoms with Crippen molar-refractivity contribution in [1.82, 2.24) is 4.98 Å². The maximum atomic E-state index is 14.0. The number of thioether (sulfide) groups is 1. The molecule has 3 amide bonds. The van der Waals surface area contributed by atoms with Gasteiger partial charge in [-0.25, -0.2) is 9.29 Å². The monoisotopic (exact) mass is 663 g/mol. The van der Waals surface area contributed by atoms with Crippen molar-refractivity contribution in [3.05, 3.63) is 103 Å². The van der Waals surface area contributed by atoms with Crippen molar-refractivity contribution >= 4 is 63.8 Å². The number of rotatable bonds is 6. The highest BCUT2D eigenvalue weighted by Crippen LogP contribution is 2.55. The highest BCUT2D eigenvalue weighted by atomic mass is 35.5. The van der Waals surface area contributed by atoms with Gasteiger partial charge < -0.3 is 15.0 Å². The maximum Gasteiger partial charge on any atom is 0.418 e. The van der Waals surface area contributed by atoms with E-state index in [1.807, 2.05) is 0 Å². The number of aromatic nitrogens is 1. The number of H-pyrrole nitrogens is 1. The second-order valence-electron chi connectivity index (χ2n) is 9.80. The van der Waals surface area contributed by atoms with Crippen LogP contribution in [0.15, 0.2) is 76.6 Å². The Morgan fingerprint density at radius 2 is 1.75 bits per heavy atom. The number of hydrogen-bond acceptors (Lipinski definition) is 7. The predicted molar refractivity (Wildman–Crippen MR) is 156 cm³/mol. The first kappa shape index (κ1) is 29.9. The highest BCUT2D eigenvalue weighted by molar-refractivity contribution is 8.00. The Morgan fingerprint density at radius 1 is 1.02 bits per heavy atom. The van der Waals surface area contributed by atoms with E-state index < -0.39 is 69.5 Å². The molecule has 0 bridgehead atoms. The van der Waals surface area contributed by atoms with Crippen LogP contribution < -0.4 is 19.8 Å². The fourth-order valence-corrected chi connectivity index (χ4v) is 7.95. The van der Waals surface area contributed by atoms with E-state index in [0.717, 1.165) is 41.3 Å².